The summed E-state index contributed by atoms with van der Waals surface area (Å²) in [6.45, 7) is 0. The van der Waals surface area contributed by atoms with Crippen molar-refractivity contribution < 1.29 is 13.9 Å². The van der Waals surface area contributed by atoms with Gasteiger partial charge in [0.05, 0.1) is 26.5 Å². The van der Waals surface area contributed by atoms with E-state index in [0.29, 0.717) is 6.42 Å². The van der Waals surface area contributed by atoms with Crippen LogP contribution in [0.5, 0.6) is 11.5 Å². The van der Waals surface area contributed by atoms with Gasteiger partial charge in [0.15, 0.2) is 0 Å². The van der Waals surface area contributed by atoms with E-state index < -0.39 is 0 Å². The third kappa shape index (κ3) is 3.07. The lowest BCUT2D eigenvalue weighted by molar-refractivity contribution is 0.384. The molecule has 0 bridgehead atoms. The van der Waals surface area contributed by atoms with E-state index in [1.54, 1.807) is 20.5 Å². The monoisotopic (exact) mass is 262 g/mol. The second-order valence-electron chi connectivity index (χ2n) is 4.11. The molecule has 1 heterocycles. The Morgan fingerprint density at radius 2 is 2.11 bits per heavy atom. The second kappa shape index (κ2) is 6.26. The standard InChI is InChI=1S/C14H18N2O3/c1-17-10-5-6-14(18-2)12(8-10)13(16-15)9-11-4-3-7-19-11/h3-8,13,16H,9,15H2,1-2H3. The average molecular weight is 262 g/mol. The third-order valence-electron chi connectivity index (χ3n) is 3.00. The molecule has 1 aromatic carbocycles. The van der Waals surface area contributed by atoms with Crippen molar-refractivity contribution in [3.63, 3.8) is 0 Å². The molecule has 102 valence electrons. The lowest BCUT2D eigenvalue weighted by Gasteiger charge is -2.19. The highest BCUT2D eigenvalue weighted by atomic mass is 16.5. The van der Waals surface area contributed by atoms with Gasteiger partial charge in [0.2, 0.25) is 0 Å². The summed E-state index contributed by atoms with van der Waals surface area (Å²) in [4.78, 5) is 0. The lowest BCUT2D eigenvalue weighted by atomic mass is 10.0. The molecule has 2 rings (SSSR count). The SMILES string of the molecule is COc1ccc(OC)c(C(Cc2ccco2)NN)c1. The molecular weight excluding hydrogens is 244 g/mol. The van der Waals surface area contributed by atoms with Gasteiger partial charge in [-0.3, -0.25) is 11.3 Å². The molecule has 5 nitrogen and oxygen atoms in total. The molecule has 0 amide bonds. The van der Waals surface area contributed by atoms with E-state index in [0.717, 1.165) is 22.8 Å². The molecule has 0 aliphatic heterocycles. The van der Waals surface area contributed by atoms with Crippen LogP contribution < -0.4 is 20.7 Å². The number of methoxy groups -OCH3 is 2. The first kappa shape index (κ1) is 13.5. The van der Waals surface area contributed by atoms with Gasteiger partial charge in [-0.05, 0) is 30.3 Å². The van der Waals surface area contributed by atoms with Crippen LogP contribution in [0.15, 0.2) is 41.0 Å². The highest BCUT2D eigenvalue weighted by Crippen LogP contribution is 2.30. The molecule has 1 atom stereocenters. The molecule has 2 aromatic rings. The van der Waals surface area contributed by atoms with Gasteiger partial charge in [-0.15, -0.1) is 0 Å². The maximum absolute atomic E-state index is 5.65. The molecule has 0 radical (unpaired) electrons. The molecule has 0 saturated heterocycles. The summed E-state index contributed by atoms with van der Waals surface area (Å²) in [6, 6.07) is 9.27. The third-order valence-corrected chi connectivity index (χ3v) is 3.00. The van der Waals surface area contributed by atoms with Crippen LogP contribution in [-0.4, -0.2) is 14.2 Å². The van der Waals surface area contributed by atoms with E-state index in [4.69, 9.17) is 19.7 Å². The Morgan fingerprint density at radius 3 is 2.68 bits per heavy atom. The van der Waals surface area contributed by atoms with Crippen LogP contribution in [0.1, 0.15) is 17.4 Å². The summed E-state index contributed by atoms with van der Waals surface area (Å²) in [5, 5.41) is 0. The molecule has 1 aromatic heterocycles. The van der Waals surface area contributed by atoms with Crippen LogP contribution in [0, 0.1) is 0 Å². The van der Waals surface area contributed by atoms with E-state index >= 15 is 0 Å². The van der Waals surface area contributed by atoms with Crippen molar-refractivity contribution in [3.8, 4) is 11.5 Å². The van der Waals surface area contributed by atoms with Gasteiger partial charge in [-0.1, -0.05) is 0 Å². The second-order valence-corrected chi connectivity index (χ2v) is 4.11. The molecule has 0 fully saturated rings. The number of ether oxygens (including phenoxy) is 2. The summed E-state index contributed by atoms with van der Waals surface area (Å²) < 4.78 is 16.0. The van der Waals surface area contributed by atoms with Crippen LogP contribution in [0.4, 0.5) is 0 Å². The first-order chi connectivity index (χ1) is 9.28. The molecule has 0 spiro atoms. The number of nitrogens with two attached hydrogens (primary N) is 1. The molecule has 1 unspecified atom stereocenters. The Balaban J connectivity index is 2.30. The van der Waals surface area contributed by atoms with Gasteiger partial charge in [0.25, 0.3) is 0 Å². The number of benzene rings is 1. The van der Waals surface area contributed by atoms with Crippen molar-refractivity contribution in [2.45, 2.75) is 12.5 Å². The van der Waals surface area contributed by atoms with Crippen molar-refractivity contribution in [1.29, 1.82) is 0 Å². The van der Waals surface area contributed by atoms with Crippen LogP contribution in [0.25, 0.3) is 0 Å². The normalized spacial score (nSPS) is 12.2. The maximum Gasteiger partial charge on any atom is 0.123 e. The first-order valence-electron chi connectivity index (χ1n) is 5.99. The molecule has 0 saturated carbocycles. The first-order valence-corrected chi connectivity index (χ1v) is 5.99. The van der Waals surface area contributed by atoms with E-state index in [1.807, 2.05) is 30.3 Å². The molecule has 0 aliphatic carbocycles. The maximum atomic E-state index is 5.65. The van der Waals surface area contributed by atoms with Crippen molar-refractivity contribution >= 4 is 0 Å². The number of rotatable bonds is 6. The zero-order valence-electron chi connectivity index (χ0n) is 11.1. The molecule has 3 N–H and O–H groups in total. The minimum atomic E-state index is -0.115. The Morgan fingerprint density at radius 1 is 1.26 bits per heavy atom. The predicted molar refractivity (Wildman–Crippen MR) is 72.0 cm³/mol. The van der Waals surface area contributed by atoms with Gasteiger partial charge in [0, 0.05) is 12.0 Å². The van der Waals surface area contributed by atoms with Gasteiger partial charge in [-0.25, -0.2) is 0 Å². The van der Waals surface area contributed by atoms with Crippen molar-refractivity contribution in [2.24, 2.45) is 5.84 Å². The quantitative estimate of drug-likeness (QED) is 0.616. The van der Waals surface area contributed by atoms with Crippen molar-refractivity contribution in [2.75, 3.05) is 14.2 Å². The Hall–Kier alpha value is -1.98. The smallest absolute Gasteiger partial charge is 0.123 e. The zero-order valence-corrected chi connectivity index (χ0v) is 11.1. The van der Waals surface area contributed by atoms with Crippen molar-refractivity contribution in [1.82, 2.24) is 5.43 Å². The molecule has 0 aliphatic rings. The summed E-state index contributed by atoms with van der Waals surface area (Å²) in [5.41, 5.74) is 3.72. The molecular formula is C14H18N2O3. The number of hydrogen-bond donors (Lipinski definition) is 2. The van der Waals surface area contributed by atoms with E-state index in [9.17, 15) is 0 Å². The predicted octanol–water partition coefficient (Wildman–Crippen LogP) is 2.04. The fourth-order valence-corrected chi connectivity index (χ4v) is 2.00. The molecule has 19 heavy (non-hydrogen) atoms. The summed E-state index contributed by atoms with van der Waals surface area (Å²) in [7, 11) is 3.26. The van der Waals surface area contributed by atoms with Gasteiger partial charge in [0.1, 0.15) is 17.3 Å². The van der Waals surface area contributed by atoms with Crippen LogP contribution in [0.3, 0.4) is 0 Å². The minimum absolute atomic E-state index is 0.115. The zero-order chi connectivity index (χ0) is 13.7. The summed E-state index contributed by atoms with van der Waals surface area (Å²) in [5.74, 6) is 8.02. The summed E-state index contributed by atoms with van der Waals surface area (Å²) >= 11 is 0. The fourth-order valence-electron chi connectivity index (χ4n) is 2.00. The lowest BCUT2D eigenvalue weighted by Crippen LogP contribution is -2.29. The van der Waals surface area contributed by atoms with Gasteiger partial charge in [-0.2, -0.15) is 0 Å². The van der Waals surface area contributed by atoms with E-state index in [2.05, 4.69) is 5.43 Å². The largest absolute Gasteiger partial charge is 0.497 e. The van der Waals surface area contributed by atoms with Crippen molar-refractivity contribution in [3.05, 3.63) is 47.9 Å². The number of furan rings is 1. The van der Waals surface area contributed by atoms with Gasteiger partial charge < -0.3 is 13.9 Å². The Kier molecular flexibility index (Phi) is 4.43. The highest BCUT2D eigenvalue weighted by Gasteiger charge is 2.17. The number of hydrazine groups is 1. The van der Waals surface area contributed by atoms with Crippen LogP contribution in [0.2, 0.25) is 0 Å². The summed E-state index contributed by atoms with van der Waals surface area (Å²) in [6.07, 6.45) is 2.28. The Labute approximate surface area is 112 Å². The minimum Gasteiger partial charge on any atom is -0.497 e. The highest BCUT2D eigenvalue weighted by molar-refractivity contribution is 5.42. The van der Waals surface area contributed by atoms with Crippen LogP contribution in [-0.2, 0) is 6.42 Å². The fraction of sp³-hybridized carbons (Fsp3) is 0.286. The van der Waals surface area contributed by atoms with Gasteiger partial charge >= 0.3 is 0 Å². The van der Waals surface area contributed by atoms with Crippen LogP contribution >= 0.6 is 0 Å². The van der Waals surface area contributed by atoms with E-state index in [-0.39, 0.29) is 6.04 Å². The number of hydrogen-bond acceptors (Lipinski definition) is 5. The molecule has 5 heteroatoms. The van der Waals surface area contributed by atoms with E-state index in [1.165, 1.54) is 0 Å². The Bertz CT molecular complexity index is 511. The topological polar surface area (TPSA) is 69.7 Å². The average Bonchev–Trinajstić information content (AvgIpc) is 2.97. The number of nitrogens with one attached hydrogen (secondary N) is 1.